The number of hydrogen-bond acceptors (Lipinski definition) is 2. The van der Waals surface area contributed by atoms with Crippen LogP contribution in [0, 0.1) is 5.82 Å². The molecule has 0 bridgehead atoms. The van der Waals surface area contributed by atoms with Gasteiger partial charge in [-0.15, -0.1) is 0 Å². The van der Waals surface area contributed by atoms with Crippen LogP contribution in [0.2, 0.25) is 0 Å². The fourth-order valence-corrected chi connectivity index (χ4v) is 2.83. The van der Waals surface area contributed by atoms with E-state index in [1.807, 2.05) is 18.2 Å². The summed E-state index contributed by atoms with van der Waals surface area (Å²) in [6.07, 6.45) is 1.69. The van der Waals surface area contributed by atoms with Gasteiger partial charge in [0.05, 0.1) is 5.69 Å². The van der Waals surface area contributed by atoms with Gasteiger partial charge in [0.2, 0.25) is 0 Å². The van der Waals surface area contributed by atoms with Crippen LogP contribution in [-0.2, 0) is 19.4 Å². The van der Waals surface area contributed by atoms with Gasteiger partial charge in [0.25, 0.3) is 0 Å². The molecule has 20 heavy (non-hydrogen) atoms. The average Bonchev–Trinajstić information content (AvgIpc) is 2.47. The Balaban J connectivity index is 1.84. The molecule has 0 saturated carbocycles. The van der Waals surface area contributed by atoms with E-state index in [0.717, 1.165) is 31.5 Å². The highest BCUT2D eigenvalue weighted by molar-refractivity contribution is 5.51. The Morgan fingerprint density at radius 3 is 2.65 bits per heavy atom. The molecule has 1 aliphatic heterocycles. The number of halogens is 1. The van der Waals surface area contributed by atoms with Gasteiger partial charge in [0, 0.05) is 13.1 Å². The Kier molecular flexibility index (Phi) is 3.70. The quantitative estimate of drug-likeness (QED) is 0.929. The highest BCUT2D eigenvalue weighted by Crippen LogP contribution is 2.27. The molecule has 0 aliphatic carbocycles. The van der Waals surface area contributed by atoms with E-state index in [-0.39, 0.29) is 5.82 Å². The first kappa shape index (κ1) is 13.1. The molecule has 3 rings (SSSR count). The first-order valence-corrected chi connectivity index (χ1v) is 7.08. The minimum absolute atomic E-state index is 0.143. The molecule has 1 aliphatic rings. The van der Waals surface area contributed by atoms with E-state index in [1.54, 1.807) is 6.07 Å². The van der Waals surface area contributed by atoms with Crippen LogP contribution < -0.4 is 10.6 Å². The van der Waals surface area contributed by atoms with Crippen LogP contribution in [0.3, 0.4) is 0 Å². The van der Waals surface area contributed by atoms with Crippen molar-refractivity contribution in [2.24, 2.45) is 5.73 Å². The van der Waals surface area contributed by atoms with Gasteiger partial charge in [0.15, 0.2) is 0 Å². The number of anilines is 1. The van der Waals surface area contributed by atoms with Crippen molar-refractivity contribution in [2.75, 3.05) is 18.0 Å². The van der Waals surface area contributed by atoms with Gasteiger partial charge >= 0.3 is 0 Å². The minimum Gasteiger partial charge on any atom is -0.364 e. The normalized spacial score (nSPS) is 14.2. The van der Waals surface area contributed by atoms with E-state index in [4.69, 9.17) is 5.73 Å². The lowest BCUT2D eigenvalue weighted by Gasteiger charge is -2.31. The third-order valence-corrected chi connectivity index (χ3v) is 3.92. The molecular weight excluding hydrogens is 251 g/mol. The van der Waals surface area contributed by atoms with Crippen molar-refractivity contribution >= 4 is 5.69 Å². The van der Waals surface area contributed by atoms with Crippen molar-refractivity contribution in [3.8, 4) is 0 Å². The number of nitrogens with two attached hydrogens (primary N) is 1. The summed E-state index contributed by atoms with van der Waals surface area (Å²) >= 11 is 0. The first-order chi connectivity index (χ1) is 9.78. The van der Waals surface area contributed by atoms with E-state index in [9.17, 15) is 4.39 Å². The molecule has 2 nitrogen and oxygen atoms in total. The largest absolute Gasteiger partial charge is 0.364 e. The predicted molar refractivity (Wildman–Crippen MR) is 80.4 cm³/mol. The summed E-state index contributed by atoms with van der Waals surface area (Å²) in [4.78, 5) is 2.11. The summed E-state index contributed by atoms with van der Waals surface area (Å²) < 4.78 is 14.3. The highest BCUT2D eigenvalue weighted by Gasteiger charge is 2.18. The second-order valence-corrected chi connectivity index (χ2v) is 5.26. The third kappa shape index (κ3) is 2.54. The SMILES string of the molecule is NCCc1ccc(N2CCc3ccccc3C2)c(F)c1. The van der Waals surface area contributed by atoms with Crippen LogP contribution in [0.4, 0.5) is 10.1 Å². The molecule has 1 heterocycles. The second kappa shape index (κ2) is 5.63. The van der Waals surface area contributed by atoms with Gasteiger partial charge in [-0.05, 0) is 48.2 Å². The van der Waals surface area contributed by atoms with Gasteiger partial charge in [0.1, 0.15) is 5.82 Å². The van der Waals surface area contributed by atoms with Crippen molar-refractivity contribution in [2.45, 2.75) is 19.4 Å². The maximum atomic E-state index is 14.3. The summed E-state index contributed by atoms with van der Waals surface area (Å²) in [7, 11) is 0. The van der Waals surface area contributed by atoms with Crippen LogP contribution in [0.5, 0.6) is 0 Å². The zero-order chi connectivity index (χ0) is 13.9. The molecule has 0 radical (unpaired) electrons. The molecule has 0 fully saturated rings. The average molecular weight is 270 g/mol. The molecule has 0 aromatic heterocycles. The van der Waals surface area contributed by atoms with Gasteiger partial charge in [-0.2, -0.15) is 0 Å². The Morgan fingerprint density at radius 1 is 1.10 bits per heavy atom. The van der Waals surface area contributed by atoms with Gasteiger partial charge in [-0.25, -0.2) is 4.39 Å². The van der Waals surface area contributed by atoms with Gasteiger partial charge in [-0.1, -0.05) is 30.3 Å². The lowest BCUT2D eigenvalue weighted by atomic mass is 9.99. The van der Waals surface area contributed by atoms with Crippen LogP contribution in [0.25, 0.3) is 0 Å². The molecule has 2 N–H and O–H groups in total. The molecule has 3 heteroatoms. The Hall–Kier alpha value is -1.87. The summed E-state index contributed by atoms with van der Waals surface area (Å²) in [6.45, 7) is 2.20. The van der Waals surface area contributed by atoms with Crippen molar-refractivity contribution in [1.29, 1.82) is 0 Å². The molecular formula is C17H19FN2. The van der Waals surface area contributed by atoms with E-state index in [2.05, 4.69) is 23.1 Å². The maximum absolute atomic E-state index is 14.3. The van der Waals surface area contributed by atoms with E-state index >= 15 is 0 Å². The molecule has 2 aromatic carbocycles. The summed E-state index contributed by atoms with van der Waals surface area (Å²) in [5, 5.41) is 0. The summed E-state index contributed by atoms with van der Waals surface area (Å²) in [5.41, 5.74) is 9.84. The summed E-state index contributed by atoms with van der Waals surface area (Å²) in [5.74, 6) is -0.143. The summed E-state index contributed by atoms with van der Waals surface area (Å²) in [6, 6.07) is 13.9. The fourth-order valence-electron chi connectivity index (χ4n) is 2.83. The molecule has 104 valence electrons. The van der Waals surface area contributed by atoms with Crippen molar-refractivity contribution in [1.82, 2.24) is 0 Å². The predicted octanol–water partition coefficient (Wildman–Crippen LogP) is 2.89. The zero-order valence-electron chi connectivity index (χ0n) is 11.5. The van der Waals surface area contributed by atoms with Crippen LogP contribution in [0.15, 0.2) is 42.5 Å². The second-order valence-electron chi connectivity index (χ2n) is 5.26. The number of benzene rings is 2. The highest BCUT2D eigenvalue weighted by atomic mass is 19.1. The van der Waals surface area contributed by atoms with Gasteiger partial charge in [-0.3, -0.25) is 0 Å². The maximum Gasteiger partial charge on any atom is 0.146 e. The standard InChI is InChI=1S/C17H19FN2/c18-16-11-13(7-9-19)5-6-17(16)20-10-8-14-3-1-2-4-15(14)12-20/h1-6,11H,7-10,12,19H2. The molecule has 0 unspecified atom stereocenters. The number of hydrogen-bond donors (Lipinski definition) is 1. The third-order valence-electron chi connectivity index (χ3n) is 3.92. The Labute approximate surface area is 119 Å². The number of fused-ring (bicyclic) bond motifs is 1. The van der Waals surface area contributed by atoms with Crippen molar-refractivity contribution in [3.63, 3.8) is 0 Å². The van der Waals surface area contributed by atoms with E-state index < -0.39 is 0 Å². The smallest absolute Gasteiger partial charge is 0.146 e. The lowest BCUT2D eigenvalue weighted by molar-refractivity contribution is 0.608. The van der Waals surface area contributed by atoms with Crippen LogP contribution in [-0.4, -0.2) is 13.1 Å². The Morgan fingerprint density at radius 2 is 1.90 bits per heavy atom. The molecule has 0 atom stereocenters. The van der Waals surface area contributed by atoms with E-state index in [1.165, 1.54) is 11.1 Å². The first-order valence-electron chi connectivity index (χ1n) is 7.08. The molecule has 2 aromatic rings. The van der Waals surface area contributed by atoms with Crippen LogP contribution >= 0.6 is 0 Å². The van der Waals surface area contributed by atoms with Crippen molar-refractivity contribution < 1.29 is 4.39 Å². The number of nitrogens with zero attached hydrogens (tertiary/aromatic N) is 1. The number of rotatable bonds is 3. The fraction of sp³-hybridized carbons (Fsp3) is 0.294. The monoisotopic (exact) mass is 270 g/mol. The minimum atomic E-state index is -0.143. The molecule has 0 spiro atoms. The van der Waals surface area contributed by atoms with Crippen molar-refractivity contribution in [3.05, 3.63) is 65.0 Å². The molecule has 0 saturated heterocycles. The van der Waals surface area contributed by atoms with E-state index in [0.29, 0.717) is 12.2 Å². The van der Waals surface area contributed by atoms with Gasteiger partial charge < -0.3 is 10.6 Å². The Bertz CT molecular complexity index is 610. The zero-order valence-corrected chi connectivity index (χ0v) is 11.5. The topological polar surface area (TPSA) is 29.3 Å². The van der Waals surface area contributed by atoms with Crippen LogP contribution in [0.1, 0.15) is 16.7 Å². The lowest BCUT2D eigenvalue weighted by Crippen LogP contribution is -2.31. The molecule has 0 amide bonds.